The van der Waals surface area contributed by atoms with Crippen LogP contribution in [0.25, 0.3) is 0 Å². The quantitative estimate of drug-likeness (QED) is 0.493. The minimum Gasteiger partial charge on any atom is -0.322 e. The van der Waals surface area contributed by atoms with Gasteiger partial charge in [0.1, 0.15) is 5.00 Å². The van der Waals surface area contributed by atoms with Gasteiger partial charge < -0.3 is 10.6 Å². The van der Waals surface area contributed by atoms with Gasteiger partial charge in [0.25, 0.3) is 5.91 Å². The summed E-state index contributed by atoms with van der Waals surface area (Å²) in [5.74, 6) is 1.07. The Morgan fingerprint density at radius 2 is 1.76 bits per heavy atom. The molecular formula is C27H36ClN3O2S. The first-order valence-electron chi connectivity index (χ1n) is 12.3. The summed E-state index contributed by atoms with van der Waals surface area (Å²) in [6.07, 6.45) is 5.11. The van der Waals surface area contributed by atoms with E-state index in [0.29, 0.717) is 33.7 Å². The van der Waals surface area contributed by atoms with Gasteiger partial charge in [-0.25, -0.2) is 0 Å². The molecule has 4 rings (SSSR count). The molecule has 7 heteroatoms. The van der Waals surface area contributed by atoms with Crippen LogP contribution in [0.3, 0.4) is 0 Å². The fourth-order valence-corrected chi connectivity index (χ4v) is 6.44. The van der Waals surface area contributed by atoms with Crippen LogP contribution in [0, 0.1) is 17.3 Å². The molecule has 1 aliphatic carbocycles. The molecule has 0 unspecified atom stereocenters. The smallest absolute Gasteiger partial charge is 0.258 e. The highest BCUT2D eigenvalue weighted by Crippen LogP contribution is 2.44. The van der Waals surface area contributed by atoms with Crippen molar-refractivity contribution in [3.8, 4) is 0 Å². The first-order chi connectivity index (χ1) is 16.1. The summed E-state index contributed by atoms with van der Waals surface area (Å²) < 4.78 is 0. The minimum atomic E-state index is -0.170. The monoisotopic (exact) mass is 501 g/mol. The Bertz CT molecular complexity index is 1030. The number of fused-ring (bicyclic) bond motifs is 1. The number of benzene rings is 1. The molecule has 0 spiro atoms. The first kappa shape index (κ1) is 25.2. The van der Waals surface area contributed by atoms with E-state index in [2.05, 4.69) is 43.2 Å². The van der Waals surface area contributed by atoms with Gasteiger partial charge in [-0.3, -0.25) is 14.5 Å². The molecule has 184 valence electrons. The van der Waals surface area contributed by atoms with E-state index in [1.807, 2.05) is 0 Å². The SMILES string of the molecule is CC1CCN(CC(=O)Nc2sc3c(c2C(=O)Nc2ccc(Cl)cc2)CC[C@H](C(C)(C)C)C3)CC1. The van der Waals surface area contributed by atoms with Gasteiger partial charge >= 0.3 is 0 Å². The predicted molar refractivity (Wildman–Crippen MR) is 142 cm³/mol. The summed E-state index contributed by atoms with van der Waals surface area (Å²) in [6, 6.07) is 7.11. The molecule has 5 nitrogen and oxygen atoms in total. The lowest BCUT2D eigenvalue weighted by Gasteiger charge is -2.33. The van der Waals surface area contributed by atoms with Crippen LogP contribution in [0.15, 0.2) is 24.3 Å². The van der Waals surface area contributed by atoms with Crippen molar-refractivity contribution < 1.29 is 9.59 Å². The van der Waals surface area contributed by atoms with Crippen molar-refractivity contribution in [1.29, 1.82) is 0 Å². The standard InChI is InChI=1S/C27H36ClN3O2S/c1-17-11-13-31(14-12-17)16-23(32)30-26-24(25(33)29-20-8-6-19(28)7-9-20)21-10-5-18(27(2,3)4)15-22(21)34-26/h6-9,17-18H,5,10-16H2,1-4H3,(H,29,33)(H,30,32)/t18-/m0/s1. The summed E-state index contributed by atoms with van der Waals surface area (Å²) in [5, 5.41) is 7.43. The Hall–Kier alpha value is -1.89. The molecule has 2 heterocycles. The lowest BCUT2D eigenvalue weighted by atomic mass is 9.72. The maximum atomic E-state index is 13.4. The van der Waals surface area contributed by atoms with E-state index < -0.39 is 0 Å². The Morgan fingerprint density at radius 1 is 1.09 bits per heavy atom. The van der Waals surface area contributed by atoms with Crippen molar-refractivity contribution in [2.75, 3.05) is 30.3 Å². The van der Waals surface area contributed by atoms with Gasteiger partial charge in [-0.2, -0.15) is 0 Å². The van der Waals surface area contributed by atoms with Crippen LogP contribution in [-0.4, -0.2) is 36.3 Å². The van der Waals surface area contributed by atoms with Crippen molar-refractivity contribution in [2.24, 2.45) is 17.3 Å². The van der Waals surface area contributed by atoms with E-state index in [4.69, 9.17) is 11.6 Å². The van der Waals surface area contributed by atoms with E-state index >= 15 is 0 Å². The highest BCUT2D eigenvalue weighted by molar-refractivity contribution is 7.17. The molecule has 1 atom stereocenters. The molecular weight excluding hydrogens is 466 g/mol. The number of rotatable bonds is 5. The lowest BCUT2D eigenvalue weighted by molar-refractivity contribution is -0.117. The van der Waals surface area contributed by atoms with Crippen molar-refractivity contribution in [1.82, 2.24) is 4.90 Å². The molecule has 1 aromatic carbocycles. The normalized spacial score (nSPS) is 19.5. The second-order valence-electron chi connectivity index (χ2n) is 11.0. The van der Waals surface area contributed by atoms with Gasteiger partial charge in [-0.15, -0.1) is 11.3 Å². The Morgan fingerprint density at radius 3 is 2.41 bits per heavy atom. The third kappa shape index (κ3) is 6.02. The van der Waals surface area contributed by atoms with Crippen LogP contribution >= 0.6 is 22.9 Å². The third-order valence-electron chi connectivity index (χ3n) is 7.32. The second kappa shape index (κ2) is 10.4. The number of nitrogens with zero attached hydrogens (tertiary/aromatic N) is 1. The molecule has 1 saturated heterocycles. The molecule has 0 radical (unpaired) electrons. The molecule has 1 aliphatic heterocycles. The molecule has 1 aromatic heterocycles. The molecule has 2 amide bonds. The number of halogens is 1. The number of carbonyl (C=O) groups excluding carboxylic acids is 2. The molecule has 0 saturated carbocycles. The Kier molecular flexibility index (Phi) is 7.70. The van der Waals surface area contributed by atoms with Crippen molar-refractivity contribution in [3.63, 3.8) is 0 Å². The zero-order valence-electron chi connectivity index (χ0n) is 20.7. The maximum absolute atomic E-state index is 13.4. The molecule has 2 N–H and O–H groups in total. The van der Waals surface area contributed by atoms with Gasteiger partial charge in [0.2, 0.25) is 5.91 Å². The average molecular weight is 502 g/mol. The fourth-order valence-electron chi connectivity index (χ4n) is 4.97. The first-order valence-corrected chi connectivity index (χ1v) is 13.5. The van der Waals surface area contributed by atoms with E-state index in [1.165, 1.54) is 4.88 Å². The highest BCUT2D eigenvalue weighted by atomic mass is 35.5. The molecule has 2 aliphatic rings. The predicted octanol–water partition coefficient (Wildman–Crippen LogP) is 6.48. The summed E-state index contributed by atoms with van der Waals surface area (Å²) >= 11 is 7.58. The van der Waals surface area contributed by atoms with Gasteiger partial charge in [0, 0.05) is 15.6 Å². The van der Waals surface area contributed by atoms with Crippen LogP contribution in [0.5, 0.6) is 0 Å². The number of thiophene rings is 1. The van der Waals surface area contributed by atoms with Gasteiger partial charge in [-0.1, -0.05) is 39.3 Å². The molecule has 34 heavy (non-hydrogen) atoms. The highest BCUT2D eigenvalue weighted by Gasteiger charge is 2.34. The van der Waals surface area contributed by atoms with Crippen molar-refractivity contribution in [2.45, 2.75) is 59.8 Å². The Labute approximate surface area is 212 Å². The van der Waals surface area contributed by atoms with Crippen molar-refractivity contribution >= 4 is 45.4 Å². The number of carbonyl (C=O) groups is 2. The zero-order chi connectivity index (χ0) is 24.5. The summed E-state index contributed by atoms with van der Waals surface area (Å²) in [4.78, 5) is 29.9. The average Bonchev–Trinajstić information content (AvgIpc) is 3.13. The molecule has 1 fully saturated rings. The summed E-state index contributed by atoms with van der Waals surface area (Å²) in [6.45, 7) is 11.4. The number of likely N-dealkylation sites (tertiary alicyclic amines) is 1. The molecule has 2 aromatic rings. The van der Waals surface area contributed by atoms with Crippen LogP contribution in [0.2, 0.25) is 5.02 Å². The number of hydrogen-bond acceptors (Lipinski definition) is 4. The van der Waals surface area contributed by atoms with E-state index in [0.717, 1.165) is 56.7 Å². The topological polar surface area (TPSA) is 61.4 Å². The number of anilines is 2. The van der Waals surface area contributed by atoms with Crippen LogP contribution in [0.1, 0.15) is 67.8 Å². The second-order valence-corrected chi connectivity index (χ2v) is 12.5. The summed E-state index contributed by atoms with van der Waals surface area (Å²) in [7, 11) is 0. The number of piperidine rings is 1. The molecule has 0 bridgehead atoms. The zero-order valence-corrected chi connectivity index (χ0v) is 22.2. The number of nitrogens with one attached hydrogen (secondary N) is 2. The van der Waals surface area contributed by atoms with E-state index in [9.17, 15) is 9.59 Å². The van der Waals surface area contributed by atoms with E-state index in [1.54, 1.807) is 35.6 Å². The lowest BCUT2D eigenvalue weighted by Crippen LogP contribution is -2.38. The van der Waals surface area contributed by atoms with Gasteiger partial charge in [0.05, 0.1) is 12.1 Å². The third-order valence-corrected chi connectivity index (χ3v) is 8.74. The van der Waals surface area contributed by atoms with Crippen LogP contribution in [-0.2, 0) is 17.6 Å². The summed E-state index contributed by atoms with van der Waals surface area (Å²) in [5.41, 5.74) is 2.63. The maximum Gasteiger partial charge on any atom is 0.258 e. The van der Waals surface area contributed by atoms with Crippen LogP contribution in [0.4, 0.5) is 10.7 Å². The fraction of sp³-hybridized carbons (Fsp3) is 0.556. The Balaban J connectivity index is 1.56. The van der Waals surface area contributed by atoms with Crippen molar-refractivity contribution in [3.05, 3.63) is 45.3 Å². The number of amides is 2. The van der Waals surface area contributed by atoms with Crippen LogP contribution < -0.4 is 10.6 Å². The van der Waals surface area contributed by atoms with E-state index in [-0.39, 0.29) is 17.2 Å². The largest absolute Gasteiger partial charge is 0.322 e. The number of hydrogen-bond donors (Lipinski definition) is 2. The van der Waals surface area contributed by atoms with Gasteiger partial charge in [-0.05, 0) is 92.3 Å². The van der Waals surface area contributed by atoms with Gasteiger partial charge in [0.15, 0.2) is 0 Å². The minimum absolute atomic E-state index is 0.0407.